The average molecular weight is 292 g/mol. The van der Waals surface area contributed by atoms with E-state index >= 15 is 0 Å². The average Bonchev–Trinajstić information content (AvgIpc) is 2.60. The largest absolute Gasteiger partial charge is 0.494 e. The molecule has 0 unspecified atom stereocenters. The first-order valence-corrected chi connectivity index (χ1v) is 7.35. The first-order chi connectivity index (χ1) is 9.77. The van der Waals surface area contributed by atoms with Gasteiger partial charge in [0.05, 0.1) is 17.8 Å². The van der Waals surface area contributed by atoms with Crippen LogP contribution in [-0.2, 0) is 14.0 Å². The topological polar surface area (TPSA) is 36.9 Å². The van der Waals surface area contributed by atoms with Crippen LogP contribution in [0.1, 0.15) is 33.3 Å². The van der Waals surface area contributed by atoms with Crippen LogP contribution in [0, 0.1) is 6.92 Å². The van der Waals surface area contributed by atoms with Crippen molar-refractivity contribution in [2.24, 2.45) is 0 Å². The van der Waals surface area contributed by atoms with Gasteiger partial charge in [-0.3, -0.25) is 0 Å². The van der Waals surface area contributed by atoms with Crippen molar-refractivity contribution in [1.29, 1.82) is 0 Å². The molecular weight excluding hydrogens is 267 g/mol. The highest BCUT2D eigenvalue weighted by Gasteiger charge is 2.51. The second kappa shape index (κ2) is 5.99. The third-order valence-electron chi connectivity index (χ3n) is 4.27. The maximum absolute atomic E-state index is 6.06. The summed E-state index contributed by atoms with van der Waals surface area (Å²) in [6.07, 6.45) is 0. The van der Waals surface area contributed by atoms with Gasteiger partial charge < -0.3 is 18.8 Å². The van der Waals surface area contributed by atoms with Crippen molar-refractivity contribution in [2.75, 3.05) is 20.3 Å². The van der Waals surface area contributed by atoms with Gasteiger partial charge in [0.15, 0.2) is 0 Å². The zero-order valence-corrected chi connectivity index (χ0v) is 13.9. The SMILES string of the molecule is COCCOc1ccc(B2OC(C)(C)C(C)(C)O2)cc1C. The van der Waals surface area contributed by atoms with Crippen LogP contribution < -0.4 is 10.2 Å². The minimum absolute atomic E-state index is 0.320. The number of hydrogen-bond donors (Lipinski definition) is 0. The summed E-state index contributed by atoms with van der Waals surface area (Å²) in [4.78, 5) is 0. The summed E-state index contributed by atoms with van der Waals surface area (Å²) in [7, 11) is 1.33. The monoisotopic (exact) mass is 292 g/mol. The van der Waals surface area contributed by atoms with E-state index < -0.39 is 0 Å². The van der Waals surface area contributed by atoms with Crippen LogP contribution in [0.2, 0.25) is 0 Å². The Morgan fingerprint density at radius 1 is 1.05 bits per heavy atom. The summed E-state index contributed by atoms with van der Waals surface area (Å²) in [5.41, 5.74) is 1.45. The van der Waals surface area contributed by atoms with E-state index in [1.807, 2.05) is 19.1 Å². The van der Waals surface area contributed by atoms with Crippen molar-refractivity contribution in [3.63, 3.8) is 0 Å². The Balaban J connectivity index is 2.11. The van der Waals surface area contributed by atoms with Gasteiger partial charge in [0.1, 0.15) is 12.4 Å². The van der Waals surface area contributed by atoms with Gasteiger partial charge in [-0.15, -0.1) is 0 Å². The van der Waals surface area contributed by atoms with Gasteiger partial charge in [0.25, 0.3) is 0 Å². The van der Waals surface area contributed by atoms with E-state index in [4.69, 9.17) is 18.8 Å². The number of methoxy groups -OCH3 is 1. The number of hydrogen-bond acceptors (Lipinski definition) is 4. The molecule has 1 saturated heterocycles. The first kappa shape index (κ1) is 16.3. The lowest BCUT2D eigenvalue weighted by Gasteiger charge is -2.32. The van der Waals surface area contributed by atoms with E-state index in [0.29, 0.717) is 13.2 Å². The van der Waals surface area contributed by atoms with Crippen molar-refractivity contribution in [1.82, 2.24) is 0 Å². The van der Waals surface area contributed by atoms with E-state index in [2.05, 4.69) is 33.8 Å². The smallest absolute Gasteiger partial charge is 0.491 e. The van der Waals surface area contributed by atoms with Crippen LogP contribution in [0.4, 0.5) is 0 Å². The number of aryl methyl sites for hydroxylation is 1. The number of rotatable bonds is 5. The molecule has 0 aromatic heterocycles. The molecule has 0 atom stereocenters. The lowest BCUT2D eigenvalue weighted by Crippen LogP contribution is -2.41. The van der Waals surface area contributed by atoms with Crippen LogP contribution in [0.15, 0.2) is 18.2 Å². The second-order valence-corrected chi connectivity index (χ2v) is 6.45. The normalized spacial score (nSPS) is 19.8. The quantitative estimate of drug-likeness (QED) is 0.616. The Kier molecular flexibility index (Phi) is 4.66. The summed E-state index contributed by atoms with van der Waals surface area (Å²) in [6.45, 7) is 11.4. The molecule has 5 heteroatoms. The fourth-order valence-corrected chi connectivity index (χ4v) is 2.20. The van der Waals surface area contributed by atoms with Crippen molar-refractivity contribution in [3.8, 4) is 5.75 Å². The highest BCUT2D eigenvalue weighted by Crippen LogP contribution is 2.36. The fourth-order valence-electron chi connectivity index (χ4n) is 2.20. The number of benzene rings is 1. The Bertz CT molecular complexity index is 483. The molecule has 1 aliphatic rings. The molecule has 21 heavy (non-hydrogen) atoms. The molecule has 1 heterocycles. The molecule has 0 saturated carbocycles. The molecule has 1 aliphatic heterocycles. The van der Waals surface area contributed by atoms with Crippen LogP contribution in [0.25, 0.3) is 0 Å². The van der Waals surface area contributed by atoms with E-state index in [9.17, 15) is 0 Å². The molecule has 0 spiro atoms. The zero-order chi connectivity index (χ0) is 15.7. The van der Waals surface area contributed by atoms with Gasteiger partial charge in [0, 0.05) is 7.11 Å². The molecule has 0 amide bonds. The van der Waals surface area contributed by atoms with E-state index in [0.717, 1.165) is 16.8 Å². The summed E-state index contributed by atoms with van der Waals surface area (Å²) < 4.78 is 22.8. The molecule has 0 radical (unpaired) electrons. The Morgan fingerprint density at radius 2 is 1.67 bits per heavy atom. The van der Waals surface area contributed by atoms with E-state index in [1.54, 1.807) is 7.11 Å². The van der Waals surface area contributed by atoms with Crippen LogP contribution in [0.5, 0.6) is 5.75 Å². The minimum atomic E-state index is -0.332. The molecule has 0 aliphatic carbocycles. The summed E-state index contributed by atoms with van der Waals surface area (Å²) in [5.74, 6) is 0.868. The second-order valence-electron chi connectivity index (χ2n) is 6.45. The van der Waals surface area contributed by atoms with Crippen LogP contribution >= 0.6 is 0 Å². The Hall–Kier alpha value is -1.04. The molecule has 116 valence electrons. The van der Waals surface area contributed by atoms with E-state index in [-0.39, 0.29) is 18.3 Å². The maximum Gasteiger partial charge on any atom is 0.494 e. The molecule has 1 fully saturated rings. The lowest BCUT2D eigenvalue weighted by atomic mass is 9.78. The highest BCUT2D eigenvalue weighted by molar-refractivity contribution is 6.62. The lowest BCUT2D eigenvalue weighted by molar-refractivity contribution is 0.00578. The van der Waals surface area contributed by atoms with Gasteiger partial charge in [-0.05, 0) is 51.7 Å². The summed E-state index contributed by atoms with van der Waals surface area (Å²) in [5, 5.41) is 0. The first-order valence-electron chi connectivity index (χ1n) is 7.35. The van der Waals surface area contributed by atoms with Gasteiger partial charge >= 0.3 is 7.12 Å². The Morgan fingerprint density at radius 3 is 2.19 bits per heavy atom. The standard InChI is InChI=1S/C16H25BO4/c1-12-11-13(7-8-14(12)19-10-9-18-6)17-20-15(2,3)16(4,5)21-17/h7-8,11H,9-10H2,1-6H3. The molecule has 4 nitrogen and oxygen atoms in total. The summed E-state index contributed by atoms with van der Waals surface area (Å²) in [6, 6.07) is 6.02. The summed E-state index contributed by atoms with van der Waals surface area (Å²) >= 11 is 0. The van der Waals surface area contributed by atoms with Gasteiger partial charge in [0.2, 0.25) is 0 Å². The molecule has 0 N–H and O–H groups in total. The Labute approximate surface area is 127 Å². The molecule has 2 rings (SSSR count). The number of ether oxygens (including phenoxy) is 2. The van der Waals surface area contributed by atoms with Crippen molar-refractivity contribution < 1.29 is 18.8 Å². The minimum Gasteiger partial charge on any atom is -0.491 e. The predicted molar refractivity (Wildman–Crippen MR) is 84.3 cm³/mol. The van der Waals surface area contributed by atoms with Gasteiger partial charge in [-0.1, -0.05) is 12.1 Å². The molecular formula is C16H25BO4. The highest BCUT2D eigenvalue weighted by atomic mass is 16.7. The molecule has 0 bridgehead atoms. The third-order valence-corrected chi connectivity index (χ3v) is 4.27. The van der Waals surface area contributed by atoms with Crippen LogP contribution in [-0.4, -0.2) is 38.6 Å². The zero-order valence-electron chi connectivity index (χ0n) is 13.9. The van der Waals surface area contributed by atoms with E-state index in [1.165, 1.54) is 0 Å². The molecule has 1 aromatic rings. The maximum atomic E-state index is 6.06. The molecule has 1 aromatic carbocycles. The fraction of sp³-hybridized carbons (Fsp3) is 0.625. The van der Waals surface area contributed by atoms with Crippen molar-refractivity contribution in [3.05, 3.63) is 23.8 Å². The van der Waals surface area contributed by atoms with Crippen LogP contribution in [0.3, 0.4) is 0 Å². The predicted octanol–water partition coefficient (Wildman–Crippen LogP) is 2.32. The van der Waals surface area contributed by atoms with Crippen molar-refractivity contribution >= 4 is 12.6 Å². The van der Waals surface area contributed by atoms with Gasteiger partial charge in [-0.2, -0.15) is 0 Å². The van der Waals surface area contributed by atoms with Gasteiger partial charge in [-0.25, -0.2) is 0 Å². The third kappa shape index (κ3) is 3.42. The van der Waals surface area contributed by atoms with Crippen molar-refractivity contribution in [2.45, 2.75) is 45.8 Å².